The van der Waals surface area contributed by atoms with E-state index in [0.717, 1.165) is 0 Å². The molecule has 1 saturated carbocycles. The summed E-state index contributed by atoms with van der Waals surface area (Å²) in [5.74, 6) is 2.30. The Labute approximate surface area is 96.2 Å². The van der Waals surface area contributed by atoms with Crippen LogP contribution in [-0.4, -0.2) is 39.3 Å². The largest absolute Gasteiger partial charge is 0.465 e. The number of hydrogen-bond donors (Lipinski definition) is 1. The van der Waals surface area contributed by atoms with Crippen molar-refractivity contribution in [2.45, 2.75) is 11.8 Å². The summed E-state index contributed by atoms with van der Waals surface area (Å²) in [5.41, 5.74) is 0. The molecule has 3 atom stereocenters. The molecule has 1 amide bonds. The summed E-state index contributed by atoms with van der Waals surface area (Å²) in [5, 5.41) is 12.7. The second-order valence-corrected chi connectivity index (χ2v) is 4.49. The zero-order valence-electron chi connectivity index (χ0n) is 8.34. The van der Waals surface area contributed by atoms with Crippen LogP contribution in [0.1, 0.15) is 17.6 Å². The first kappa shape index (κ1) is 9.89. The third-order valence-corrected chi connectivity index (χ3v) is 3.59. The van der Waals surface area contributed by atoms with Crippen LogP contribution in [0.5, 0.6) is 0 Å². The highest BCUT2D eigenvalue weighted by molar-refractivity contribution is 6.16. The van der Waals surface area contributed by atoms with Crippen molar-refractivity contribution < 1.29 is 14.4 Å². The van der Waals surface area contributed by atoms with Gasteiger partial charge in [-0.15, -0.1) is 11.6 Å². The maximum absolute atomic E-state index is 10.7. The monoisotopic (exact) mass is 243 g/mol. The minimum absolute atomic E-state index is 0.219. The zero-order valence-corrected chi connectivity index (χ0v) is 9.09. The summed E-state index contributed by atoms with van der Waals surface area (Å²) in [6, 6.07) is 0. The van der Waals surface area contributed by atoms with Gasteiger partial charge in [-0.2, -0.15) is 4.98 Å². The standard InChI is InChI=1S/C9H10ClN3O3/c10-1-6-11-8(12-16-6)7-4-2-13(9(14)15)3-5(4)7/h4-5,7H,1-3H2,(H,14,15)/t4-,5+,7-. The summed E-state index contributed by atoms with van der Waals surface area (Å²) in [6.07, 6.45) is -0.847. The van der Waals surface area contributed by atoms with Gasteiger partial charge in [-0.1, -0.05) is 5.16 Å². The molecule has 86 valence electrons. The molecular weight excluding hydrogens is 234 g/mol. The van der Waals surface area contributed by atoms with Crippen molar-refractivity contribution in [3.63, 3.8) is 0 Å². The van der Waals surface area contributed by atoms with E-state index in [9.17, 15) is 4.79 Å². The summed E-state index contributed by atoms with van der Waals surface area (Å²) < 4.78 is 4.93. The van der Waals surface area contributed by atoms with Gasteiger partial charge in [0.25, 0.3) is 0 Å². The van der Waals surface area contributed by atoms with Gasteiger partial charge in [0.15, 0.2) is 5.82 Å². The van der Waals surface area contributed by atoms with E-state index in [1.54, 1.807) is 0 Å². The van der Waals surface area contributed by atoms with Crippen LogP contribution in [-0.2, 0) is 5.88 Å². The van der Waals surface area contributed by atoms with Crippen molar-refractivity contribution >= 4 is 17.7 Å². The molecule has 0 aromatic carbocycles. The number of likely N-dealkylation sites (tertiary alicyclic amines) is 1. The van der Waals surface area contributed by atoms with Crippen LogP contribution < -0.4 is 0 Å². The van der Waals surface area contributed by atoms with Crippen LogP contribution in [0.3, 0.4) is 0 Å². The van der Waals surface area contributed by atoms with Crippen LogP contribution >= 0.6 is 11.6 Å². The second kappa shape index (κ2) is 3.35. The number of hydrogen-bond acceptors (Lipinski definition) is 4. The quantitative estimate of drug-likeness (QED) is 0.788. The van der Waals surface area contributed by atoms with E-state index < -0.39 is 6.09 Å². The van der Waals surface area contributed by atoms with Gasteiger partial charge >= 0.3 is 6.09 Å². The molecule has 16 heavy (non-hydrogen) atoms. The van der Waals surface area contributed by atoms with Gasteiger partial charge in [0.05, 0.1) is 0 Å². The summed E-state index contributed by atoms with van der Waals surface area (Å²) in [7, 11) is 0. The molecular formula is C9H10ClN3O3. The number of halogens is 1. The maximum Gasteiger partial charge on any atom is 0.407 e. The minimum atomic E-state index is -0.847. The number of fused-ring (bicyclic) bond motifs is 1. The topological polar surface area (TPSA) is 79.5 Å². The number of aromatic nitrogens is 2. The van der Waals surface area contributed by atoms with Crippen molar-refractivity contribution in [2.24, 2.45) is 11.8 Å². The Kier molecular flexibility index (Phi) is 2.07. The van der Waals surface area contributed by atoms with Crippen molar-refractivity contribution in [1.82, 2.24) is 15.0 Å². The number of nitrogens with zero attached hydrogens (tertiary/aromatic N) is 3. The molecule has 2 fully saturated rings. The first-order valence-electron chi connectivity index (χ1n) is 5.07. The van der Waals surface area contributed by atoms with E-state index in [4.69, 9.17) is 21.2 Å². The number of amides is 1. The normalized spacial score (nSPS) is 31.6. The zero-order chi connectivity index (χ0) is 11.3. The van der Waals surface area contributed by atoms with E-state index in [0.29, 0.717) is 36.6 Å². The third kappa shape index (κ3) is 1.36. The van der Waals surface area contributed by atoms with Crippen LogP contribution in [0.4, 0.5) is 4.79 Å². The Morgan fingerprint density at radius 2 is 2.25 bits per heavy atom. The smallest absolute Gasteiger partial charge is 0.407 e. The fraction of sp³-hybridized carbons (Fsp3) is 0.667. The van der Waals surface area contributed by atoms with Crippen LogP contribution in [0.15, 0.2) is 4.52 Å². The van der Waals surface area contributed by atoms with Gasteiger partial charge in [-0.25, -0.2) is 4.79 Å². The fourth-order valence-electron chi connectivity index (χ4n) is 2.52. The summed E-state index contributed by atoms with van der Waals surface area (Å²) in [6.45, 7) is 1.16. The molecule has 7 heteroatoms. The van der Waals surface area contributed by atoms with Gasteiger partial charge in [0, 0.05) is 19.0 Å². The highest BCUT2D eigenvalue weighted by atomic mass is 35.5. The van der Waals surface area contributed by atoms with Crippen LogP contribution in [0.2, 0.25) is 0 Å². The second-order valence-electron chi connectivity index (χ2n) is 4.22. The van der Waals surface area contributed by atoms with Crippen molar-refractivity contribution in [2.75, 3.05) is 13.1 Å². The lowest BCUT2D eigenvalue weighted by Crippen LogP contribution is -2.29. The Bertz CT molecular complexity index is 423. The molecule has 0 spiro atoms. The highest BCUT2D eigenvalue weighted by Gasteiger charge is 2.59. The SMILES string of the molecule is O=C(O)N1C[C@@H]2[C@H](C1)[C@@H]2c1noc(CCl)n1. The number of piperidine rings is 1. The molecule has 1 aliphatic carbocycles. The Morgan fingerprint density at radius 1 is 1.56 bits per heavy atom. The van der Waals surface area contributed by atoms with Gasteiger partial charge < -0.3 is 14.5 Å². The molecule has 2 aliphatic rings. The van der Waals surface area contributed by atoms with Crippen molar-refractivity contribution in [3.05, 3.63) is 11.7 Å². The predicted molar refractivity (Wildman–Crippen MR) is 53.2 cm³/mol. The molecule has 1 N–H and O–H groups in total. The van der Waals surface area contributed by atoms with Gasteiger partial charge in [0.2, 0.25) is 5.89 Å². The molecule has 1 aliphatic heterocycles. The van der Waals surface area contributed by atoms with E-state index in [-0.39, 0.29) is 11.8 Å². The van der Waals surface area contributed by atoms with Crippen molar-refractivity contribution in [1.29, 1.82) is 0 Å². The lowest BCUT2D eigenvalue weighted by Gasteiger charge is -2.14. The number of carbonyl (C=O) groups is 1. The van der Waals surface area contributed by atoms with E-state index >= 15 is 0 Å². The Morgan fingerprint density at radius 3 is 2.75 bits per heavy atom. The molecule has 1 saturated heterocycles. The average molecular weight is 244 g/mol. The first-order chi connectivity index (χ1) is 7.70. The number of alkyl halides is 1. The predicted octanol–water partition coefficient (Wildman–Crippen LogP) is 1.13. The van der Waals surface area contributed by atoms with E-state index in [2.05, 4.69) is 10.1 Å². The molecule has 3 rings (SSSR count). The molecule has 1 aromatic heterocycles. The summed E-state index contributed by atoms with van der Waals surface area (Å²) >= 11 is 5.57. The van der Waals surface area contributed by atoms with Gasteiger partial charge in [-0.3, -0.25) is 0 Å². The molecule has 6 nitrogen and oxygen atoms in total. The first-order valence-corrected chi connectivity index (χ1v) is 5.60. The average Bonchev–Trinajstić information content (AvgIpc) is 2.75. The summed E-state index contributed by atoms with van der Waals surface area (Å²) in [4.78, 5) is 16.3. The van der Waals surface area contributed by atoms with Gasteiger partial charge in [0.1, 0.15) is 5.88 Å². The lowest BCUT2D eigenvalue weighted by atomic mass is 10.2. The van der Waals surface area contributed by atoms with Crippen LogP contribution in [0.25, 0.3) is 0 Å². The van der Waals surface area contributed by atoms with Crippen molar-refractivity contribution in [3.8, 4) is 0 Å². The number of carboxylic acid groups (broad SMARTS) is 1. The Hall–Kier alpha value is -1.30. The minimum Gasteiger partial charge on any atom is -0.465 e. The lowest BCUT2D eigenvalue weighted by molar-refractivity contribution is 0.149. The van der Waals surface area contributed by atoms with E-state index in [1.807, 2.05) is 0 Å². The molecule has 0 bridgehead atoms. The molecule has 0 radical (unpaired) electrons. The maximum atomic E-state index is 10.7. The molecule has 0 unspecified atom stereocenters. The molecule has 2 heterocycles. The number of rotatable bonds is 2. The Balaban J connectivity index is 1.68. The third-order valence-electron chi connectivity index (χ3n) is 3.36. The fourth-order valence-corrected chi connectivity index (χ4v) is 2.63. The molecule has 1 aromatic rings. The highest BCUT2D eigenvalue weighted by Crippen LogP contribution is 2.57. The van der Waals surface area contributed by atoms with Gasteiger partial charge in [-0.05, 0) is 11.8 Å². The van der Waals surface area contributed by atoms with E-state index in [1.165, 1.54) is 4.90 Å². The van der Waals surface area contributed by atoms with Crippen LogP contribution in [0, 0.1) is 11.8 Å².